The van der Waals surface area contributed by atoms with Crippen LogP contribution in [0.25, 0.3) is 10.9 Å². The monoisotopic (exact) mass is 334 g/mol. The minimum absolute atomic E-state index is 0.143. The zero-order valence-electron chi connectivity index (χ0n) is 14.4. The topological polar surface area (TPSA) is 34.5 Å². The van der Waals surface area contributed by atoms with Gasteiger partial charge in [-0.2, -0.15) is 0 Å². The number of ether oxygens (including phenoxy) is 1. The number of aromatic nitrogens is 1. The summed E-state index contributed by atoms with van der Waals surface area (Å²) in [6.45, 7) is 1.20. The molecule has 0 unspecified atom stereocenters. The molecule has 25 heavy (non-hydrogen) atoms. The number of amides is 1. The van der Waals surface area contributed by atoms with Crippen molar-refractivity contribution in [2.45, 2.75) is 25.4 Å². The van der Waals surface area contributed by atoms with Gasteiger partial charge in [-0.25, -0.2) is 0 Å². The van der Waals surface area contributed by atoms with E-state index in [2.05, 4.69) is 24.3 Å². The third kappa shape index (κ3) is 3.00. The summed E-state index contributed by atoms with van der Waals surface area (Å²) in [5.41, 5.74) is 2.26. The standard InChI is InChI=1S/C21H22N2O2/c1-25-18-8-4-7-17(14-18)20-10-5-12-23(20)21(24)15-22-13-11-16-6-2-3-9-19(16)22/h2-4,6-9,11,13-14,20H,5,10,12,15H2,1H3/t20-/m1/s1. The van der Waals surface area contributed by atoms with E-state index in [0.29, 0.717) is 6.54 Å². The summed E-state index contributed by atoms with van der Waals surface area (Å²) in [5.74, 6) is 1.01. The molecule has 1 saturated heterocycles. The highest BCUT2D eigenvalue weighted by Gasteiger charge is 2.30. The number of para-hydroxylation sites is 1. The Bertz CT molecular complexity index is 900. The number of methoxy groups -OCH3 is 1. The molecule has 1 fully saturated rings. The molecule has 2 aromatic carbocycles. The summed E-state index contributed by atoms with van der Waals surface area (Å²) in [5, 5.41) is 1.17. The first-order valence-corrected chi connectivity index (χ1v) is 8.73. The summed E-state index contributed by atoms with van der Waals surface area (Å²) in [6, 6.07) is 18.4. The molecule has 4 nitrogen and oxygen atoms in total. The number of hydrogen-bond acceptors (Lipinski definition) is 2. The Kier molecular flexibility index (Phi) is 4.18. The van der Waals surface area contributed by atoms with Crippen molar-refractivity contribution in [3.05, 3.63) is 66.4 Å². The van der Waals surface area contributed by atoms with E-state index in [1.54, 1.807) is 7.11 Å². The fourth-order valence-corrected chi connectivity index (χ4v) is 3.78. The zero-order chi connectivity index (χ0) is 17.2. The van der Waals surface area contributed by atoms with Crippen LogP contribution in [0.15, 0.2) is 60.8 Å². The number of fused-ring (bicyclic) bond motifs is 1. The predicted octanol–water partition coefficient (Wildman–Crippen LogP) is 4.01. The van der Waals surface area contributed by atoms with Crippen molar-refractivity contribution in [1.29, 1.82) is 0 Å². The highest BCUT2D eigenvalue weighted by molar-refractivity contribution is 5.83. The minimum Gasteiger partial charge on any atom is -0.497 e. The first kappa shape index (κ1) is 15.8. The van der Waals surface area contributed by atoms with E-state index in [9.17, 15) is 4.79 Å². The molecule has 4 rings (SSSR count). The van der Waals surface area contributed by atoms with Crippen molar-refractivity contribution in [2.75, 3.05) is 13.7 Å². The van der Waals surface area contributed by atoms with E-state index in [1.165, 1.54) is 5.39 Å². The summed E-state index contributed by atoms with van der Waals surface area (Å²) >= 11 is 0. The Morgan fingerprint density at radius 2 is 2.04 bits per heavy atom. The van der Waals surface area contributed by atoms with Crippen LogP contribution < -0.4 is 4.74 Å². The highest BCUT2D eigenvalue weighted by atomic mass is 16.5. The number of carbonyl (C=O) groups is 1. The smallest absolute Gasteiger partial charge is 0.243 e. The van der Waals surface area contributed by atoms with Crippen molar-refractivity contribution in [1.82, 2.24) is 9.47 Å². The second kappa shape index (κ2) is 6.63. The minimum atomic E-state index is 0.143. The van der Waals surface area contributed by atoms with E-state index >= 15 is 0 Å². The molecular formula is C21H22N2O2. The van der Waals surface area contributed by atoms with Gasteiger partial charge in [-0.3, -0.25) is 4.79 Å². The first-order chi connectivity index (χ1) is 12.3. The van der Waals surface area contributed by atoms with Gasteiger partial charge in [-0.15, -0.1) is 0 Å². The van der Waals surface area contributed by atoms with Gasteiger partial charge >= 0.3 is 0 Å². The molecule has 1 amide bonds. The lowest BCUT2D eigenvalue weighted by Crippen LogP contribution is -2.33. The Balaban J connectivity index is 1.56. The second-order valence-electron chi connectivity index (χ2n) is 6.52. The Labute approximate surface area is 147 Å². The van der Waals surface area contributed by atoms with E-state index in [-0.39, 0.29) is 11.9 Å². The van der Waals surface area contributed by atoms with Crippen LogP contribution in [0.1, 0.15) is 24.4 Å². The van der Waals surface area contributed by atoms with E-state index in [1.807, 2.05) is 46.0 Å². The fraction of sp³-hybridized carbons (Fsp3) is 0.286. The molecule has 128 valence electrons. The van der Waals surface area contributed by atoms with Crippen LogP contribution >= 0.6 is 0 Å². The predicted molar refractivity (Wildman–Crippen MR) is 98.6 cm³/mol. The lowest BCUT2D eigenvalue weighted by atomic mass is 10.0. The van der Waals surface area contributed by atoms with Crippen LogP contribution in [0.5, 0.6) is 5.75 Å². The van der Waals surface area contributed by atoms with Gasteiger partial charge in [-0.05, 0) is 48.1 Å². The molecule has 2 heterocycles. The normalized spacial score (nSPS) is 17.2. The largest absolute Gasteiger partial charge is 0.497 e. The van der Waals surface area contributed by atoms with Gasteiger partial charge in [0.2, 0.25) is 5.91 Å². The maximum absolute atomic E-state index is 13.0. The SMILES string of the molecule is COc1cccc([C@H]2CCCN2C(=O)Cn2ccc3ccccc32)c1. The van der Waals surface area contributed by atoms with E-state index < -0.39 is 0 Å². The van der Waals surface area contributed by atoms with Gasteiger partial charge in [0.1, 0.15) is 12.3 Å². The molecule has 4 heteroatoms. The Morgan fingerprint density at radius 3 is 2.92 bits per heavy atom. The van der Waals surface area contributed by atoms with E-state index in [0.717, 1.165) is 36.2 Å². The molecule has 0 N–H and O–H groups in total. The second-order valence-corrected chi connectivity index (χ2v) is 6.52. The quantitative estimate of drug-likeness (QED) is 0.722. The zero-order valence-corrected chi connectivity index (χ0v) is 14.4. The molecule has 1 aliphatic rings. The summed E-state index contributed by atoms with van der Waals surface area (Å²) < 4.78 is 7.38. The maximum atomic E-state index is 13.0. The van der Waals surface area contributed by atoms with Crippen LogP contribution in [-0.4, -0.2) is 29.0 Å². The summed E-state index contributed by atoms with van der Waals surface area (Å²) in [7, 11) is 1.67. The number of carbonyl (C=O) groups excluding carboxylic acids is 1. The van der Waals surface area contributed by atoms with E-state index in [4.69, 9.17) is 4.74 Å². The third-order valence-electron chi connectivity index (χ3n) is 5.04. The number of rotatable bonds is 4. The van der Waals surface area contributed by atoms with Crippen LogP contribution in [0.2, 0.25) is 0 Å². The molecule has 3 aromatic rings. The summed E-state index contributed by atoms with van der Waals surface area (Å²) in [4.78, 5) is 15.0. The molecule has 0 spiro atoms. The van der Waals surface area contributed by atoms with Gasteiger partial charge in [-0.1, -0.05) is 30.3 Å². The third-order valence-corrected chi connectivity index (χ3v) is 5.04. The van der Waals surface area contributed by atoms with Gasteiger partial charge in [0, 0.05) is 18.3 Å². The van der Waals surface area contributed by atoms with Crippen molar-refractivity contribution in [3.8, 4) is 5.75 Å². The molecule has 0 bridgehead atoms. The van der Waals surface area contributed by atoms with Crippen LogP contribution in [0, 0.1) is 0 Å². The molecule has 1 aliphatic heterocycles. The van der Waals surface area contributed by atoms with Crippen LogP contribution in [0.3, 0.4) is 0 Å². The highest BCUT2D eigenvalue weighted by Crippen LogP contribution is 2.33. The average Bonchev–Trinajstić information content (AvgIpc) is 3.29. The first-order valence-electron chi connectivity index (χ1n) is 8.73. The molecule has 1 aromatic heterocycles. The lowest BCUT2D eigenvalue weighted by molar-refractivity contribution is -0.132. The van der Waals surface area contributed by atoms with Gasteiger partial charge in [0.05, 0.1) is 13.2 Å². The van der Waals surface area contributed by atoms with Crippen molar-refractivity contribution >= 4 is 16.8 Å². The number of nitrogens with zero attached hydrogens (tertiary/aromatic N) is 2. The molecule has 0 aliphatic carbocycles. The number of likely N-dealkylation sites (tertiary alicyclic amines) is 1. The van der Waals surface area contributed by atoms with Gasteiger partial charge in [0.15, 0.2) is 0 Å². The van der Waals surface area contributed by atoms with Crippen molar-refractivity contribution in [2.24, 2.45) is 0 Å². The van der Waals surface area contributed by atoms with Gasteiger partial charge < -0.3 is 14.2 Å². The molecule has 1 atom stereocenters. The number of hydrogen-bond donors (Lipinski definition) is 0. The Morgan fingerprint density at radius 1 is 1.16 bits per heavy atom. The van der Waals surface area contributed by atoms with Crippen LogP contribution in [0.4, 0.5) is 0 Å². The molecule has 0 radical (unpaired) electrons. The Hall–Kier alpha value is -2.75. The lowest BCUT2D eigenvalue weighted by Gasteiger charge is -2.26. The molecular weight excluding hydrogens is 312 g/mol. The molecule has 0 saturated carbocycles. The van der Waals surface area contributed by atoms with Crippen LogP contribution in [-0.2, 0) is 11.3 Å². The fourth-order valence-electron chi connectivity index (χ4n) is 3.78. The maximum Gasteiger partial charge on any atom is 0.243 e. The van der Waals surface area contributed by atoms with Crippen molar-refractivity contribution < 1.29 is 9.53 Å². The van der Waals surface area contributed by atoms with Gasteiger partial charge in [0.25, 0.3) is 0 Å². The summed E-state index contributed by atoms with van der Waals surface area (Å²) in [6.07, 6.45) is 4.05. The number of benzene rings is 2. The van der Waals surface area contributed by atoms with Crippen molar-refractivity contribution in [3.63, 3.8) is 0 Å². The average molecular weight is 334 g/mol.